The quantitative estimate of drug-likeness (QED) is 0.189. The summed E-state index contributed by atoms with van der Waals surface area (Å²) in [5, 5.41) is 21.1. The van der Waals surface area contributed by atoms with E-state index in [9.17, 15) is 10.4 Å². The zero-order chi connectivity index (χ0) is 22.7. The van der Waals surface area contributed by atoms with E-state index in [0.717, 1.165) is 9.79 Å². The van der Waals surface area contributed by atoms with Crippen molar-refractivity contribution in [3.63, 3.8) is 0 Å². The van der Waals surface area contributed by atoms with E-state index < -0.39 is 6.10 Å². The number of allylic oxidation sites excluding steroid dienone is 3. The number of nitriles is 1. The van der Waals surface area contributed by atoms with Gasteiger partial charge < -0.3 is 9.84 Å². The molecule has 0 aromatic heterocycles. The van der Waals surface area contributed by atoms with Gasteiger partial charge in [0, 0.05) is 20.3 Å². The fourth-order valence-electron chi connectivity index (χ4n) is 2.59. The molecule has 3 nitrogen and oxygen atoms in total. The molecule has 0 amide bonds. The minimum absolute atomic E-state index is 0.155. The van der Waals surface area contributed by atoms with Crippen molar-refractivity contribution in [2.75, 3.05) is 6.61 Å². The standard InChI is InChI=1S/C26H29NO2S2/c1-5-29-19-24(31-22-14-10-7-11-15-22)25(28)23(30-21-12-8-6-9-13-21)16-20(18-27)17-26(2,3)4/h6-17,19,25,28H,5H2,1-4H3/b20-17-,23-16-,24-19+. The summed E-state index contributed by atoms with van der Waals surface area (Å²) >= 11 is 2.90. The fourth-order valence-corrected chi connectivity index (χ4v) is 4.57. The van der Waals surface area contributed by atoms with Gasteiger partial charge in [0.25, 0.3) is 0 Å². The molecule has 0 radical (unpaired) electrons. The van der Waals surface area contributed by atoms with Crippen LogP contribution < -0.4 is 0 Å². The number of thioether (sulfide) groups is 2. The number of rotatable bonds is 9. The predicted molar refractivity (Wildman–Crippen MR) is 132 cm³/mol. The highest BCUT2D eigenvalue weighted by molar-refractivity contribution is 8.04. The molecule has 5 heteroatoms. The predicted octanol–water partition coefficient (Wildman–Crippen LogP) is 7.19. The Balaban J connectivity index is 2.47. The topological polar surface area (TPSA) is 53.2 Å². The van der Waals surface area contributed by atoms with Gasteiger partial charge in [0.05, 0.1) is 23.8 Å². The number of aliphatic hydroxyl groups is 1. The van der Waals surface area contributed by atoms with Crippen LogP contribution in [0.5, 0.6) is 0 Å². The maximum Gasteiger partial charge on any atom is 0.119 e. The SMILES string of the molecule is CCO/C=C(/Sc1ccccc1)C(O)/C(=C/C(C#N)=C/C(C)(C)C)Sc1ccccc1. The van der Waals surface area contributed by atoms with Crippen molar-refractivity contribution in [3.8, 4) is 6.07 Å². The smallest absolute Gasteiger partial charge is 0.119 e. The zero-order valence-corrected chi connectivity index (χ0v) is 20.0. The van der Waals surface area contributed by atoms with E-state index >= 15 is 0 Å². The first-order valence-corrected chi connectivity index (χ1v) is 11.8. The lowest BCUT2D eigenvalue weighted by molar-refractivity contribution is 0.238. The number of ether oxygens (including phenoxy) is 1. The van der Waals surface area contributed by atoms with Gasteiger partial charge in [0.1, 0.15) is 6.10 Å². The number of nitrogens with zero attached hydrogens (tertiary/aromatic N) is 1. The molecule has 0 aliphatic rings. The lowest BCUT2D eigenvalue weighted by Crippen LogP contribution is -2.11. The molecule has 0 heterocycles. The highest BCUT2D eigenvalue weighted by Crippen LogP contribution is 2.38. The van der Waals surface area contributed by atoms with Gasteiger partial charge in [-0.3, -0.25) is 0 Å². The van der Waals surface area contributed by atoms with Crippen LogP contribution in [0.15, 0.2) is 104 Å². The lowest BCUT2D eigenvalue weighted by Gasteiger charge is -2.19. The number of aliphatic hydroxyl groups excluding tert-OH is 1. The molecule has 1 unspecified atom stereocenters. The van der Waals surface area contributed by atoms with E-state index in [1.165, 1.54) is 23.5 Å². The average Bonchev–Trinajstić information content (AvgIpc) is 2.75. The zero-order valence-electron chi connectivity index (χ0n) is 18.4. The second-order valence-electron chi connectivity index (χ2n) is 7.83. The van der Waals surface area contributed by atoms with Crippen molar-refractivity contribution in [2.24, 2.45) is 5.41 Å². The van der Waals surface area contributed by atoms with Gasteiger partial charge in [-0.1, -0.05) is 86.8 Å². The molecule has 0 fully saturated rings. The van der Waals surface area contributed by atoms with Gasteiger partial charge in [-0.05, 0) is 42.7 Å². The van der Waals surface area contributed by atoms with Crippen LogP contribution in [0.1, 0.15) is 27.7 Å². The molecule has 2 aromatic carbocycles. The molecule has 0 spiro atoms. The van der Waals surface area contributed by atoms with Crippen LogP contribution in [0.25, 0.3) is 0 Å². The van der Waals surface area contributed by atoms with E-state index in [0.29, 0.717) is 22.0 Å². The van der Waals surface area contributed by atoms with Crippen molar-refractivity contribution < 1.29 is 9.84 Å². The third-order valence-electron chi connectivity index (χ3n) is 3.88. The summed E-state index contributed by atoms with van der Waals surface area (Å²) in [6, 6.07) is 22.0. The fraction of sp³-hybridized carbons (Fsp3) is 0.269. The van der Waals surface area contributed by atoms with Crippen LogP contribution >= 0.6 is 23.5 Å². The van der Waals surface area contributed by atoms with Crippen molar-refractivity contribution in [3.05, 3.63) is 94.5 Å². The largest absolute Gasteiger partial charge is 0.501 e. The highest BCUT2D eigenvalue weighted by Gasteiger charge is 2.21. The Labute approximate surface area is 194 Å². The van der Waals surface area contributed by atoms with Crippen LogP contribution in [-0.2, 0) is 4.74 Å². The minimum Gasteiger partial charge on any atom is -0.501 e. The Kier molecular flexibility index (Phi) is 10.00. The molecular weight excluding hydrogens is 422 g/mol. The van der Waals surface area contributed by atoms with Gasteiger partial charge in [-0.2, -0.15) is 5.26 Å². The van der Waals surface area contributed by atoms with E-state index in [1.54, 1.807) is 12.3 Å². The van der Waals surface area contributed by atoms with Gasteiger partial charge >= 0.3 is 0 Å². The number of benzene rings is 2. The van der Waals surface area contributed by atoms with Gasteiger partial charge in [-0.15, -0.1) is 0 Å². The van der Waals surface area contributed by atoms with Crippen LogP contribution in [-0.4, -0.2) is 17.8 Å². The first-order chi connectivity index (χ1) is 14.8. The number of hydrogen-bond donors (Lipinski definition) is 1. The van der Waals surface area contributed by atoms with Crippen LogP contribution in [0.3, 0.4) is 0 Å². The molecule has 0 bridgehead atoms. The Morgan fingerprint density at radius 2 is 1.52 bits per heavy atom. The van der Waals surface area contributed by atoms with Crippen molar-refractivity contribution in [1.29, 1.82) is 5.26 Å². The minimum atomic E-state index is -0.932. The molecule has 0 aliphatic carbocycles. The highest BCUT2D eigenvalue weighted by atomic mass is 32.2. The summed E-state index contributed by atoms with van der Waals surface area (Å²) in [6.07, 6.45) is 4.38. The first kappa shape index (κ1) is 24.9. The maximum atomic E-state index is 11.4. The van der Waals surface area contributed by atoms with Gasteiger partial charge in [0.15, 0.2) is 0 Å². The van der Waals surface area contributed by atoms with Crippen molar-refractivity contribution >= 4 is 23.5 Å². The summed E-state index contributed by atoms with van der Waals surface area (Å²) in [5.74, 6) is 0. The Bertz CT molecular complexity index is 952. The number of hydrogen-bond acceptors (Lipinski definition) is 5. The van der Waals surface area contributed by atoms with Crippen molar-refractivity contribution in [2.45, 2.75) is 43.6 Å². The molecular formula is C26H29NO2S2. The van der Waals surface area contributed by atoms with E-state index in [-0.39, 0.29) is 5.41 Å². The monoisotopic (exact) mass is 451 g/mol. The third kappa shape index (κ3) is 9.10. The second kappa shape index (κ2) is 12.5. The molecule has 162 valence electrons. The molecule has 1 atom stereocenters. The molecule has 2 aromatic rings. The van der Waals surface area contributed by atoms with Crippen molar-refractivity contribution in [1.82, 2.24) is 0 Å². The van der Waals surface area contributed by atoms with Crippen LogP contribution in [0.4, 0.5) is 0 Å². The lowest BCUT2D eigenvalue weighted by atomic mass is 9.93. The Morgan fingerprint density at radius 1 is 1.00 bits per heavy atom. The molecule has 1 N–H and O–H groups in total. The third-order valence-corrected chi connectivity index (χ3v) is 6.03. The van der Waals surface area contributed by atoms with Gasteiger partial charge in [0.2, 0.25) is 0 Å². The van der Waals surface area contributed by atoms with Crippen LogP contribution in [0.2, 0.25) is 0 Å². The van der Waals surface area contributed by atoms with E-state index in [1.807, 2.05) is 94.4 Å². The van der Waals surface area contributed by atoms with Gasteiger partial charge in [-0.25, -0.2) is 0 Å². The van der Waals surface area contributed by atoms with Crippen LogP contribution in [0, 0.1) is 16.7 Å². The second-order valence-corrected chi connectivity index (χ2v) is 10.1. The molecule has 0 saturated heterocycles. The summed E-state index contributed by atoms with van der Waals surface area (Å²) in [7, 11) is 0. The van der Waals surface area contributed by atoms with E-state index in [4.69, 9.17) is 4.74 Å². The normalized spacial score (nSPS) is 14.1. The summed E-state index contributed by atoms with van der Waals surface area (Å²) in [5.41, 5.74) is 0.364. The first-order valence-electron chi connectivity index (χ1n) is 10.1. The summed E-state index contributed by atoms with van der Waals surface area (Å²) in [4.78, 5) is 3.32. The Morgan fingerprint density at radius 3 is 1.97 bits per heavy atom. The molecule has 2 rings (SSSR count). The molecule has 0 aliphatic heterocycles. The summed E-state index contributed by atoms with van der Waals surface area (Å²) in [6.45, 7) is 8.55. The average molecular weight is 452 g/mol. The Hall–Kier alpha value is -2.39. The molecule has 31 heavy (non-hydrogen) atoms. The van der Waals surface area contributed by atoms with E-state index in [2.05, 4.69) is 6.07 Å². The summed E-state index contributed by atoms with van der Waals surface area (Å²) < 4.78 is 5.54. The maximum absolute atomic E-state index is 11.4. The molecule has 0 saturated carbocycles.